The number of aromatic nitrogens is 4. The van der Waals surface area contributed by atoms with Gasteiger partial charge in [-0.25, -0.2) is 0 Å². The zero-order valence-electron chi connectivity index (χ0n) is 12.1. The van der Waals surface area contributed by atoms with Crippen LogP contribution in [-0.2, 0) is 16.6 Å². The van der Waals surface area contributed by atoms with Crippen molar-refractivity contribution in [2.45, 2.75) is 18.0 Å². The zero-order chi connectivity index (χ0) is 15.5. The number of pyridine rings is 1. The molecule has 0 bridgehead atoms. The van der Waals surface area contributed by atoms with Gasteiger partial charge in [-0.05, 0) is 12.1 Å². The van der Waals surface area contributed by atoms with Crippen LogP contribution >= 0.6 is 11.8 Å². The molecule has 0 aromatic carbocycles. The van der Waals surface area contributed by atoms with Crippen LogP contribution in [0, 0.1) is 0 Å². The van der Waals surface area contributed by atoms with Crippen LogP contribution in [0.3, 0.4) is 0 Å². The summed E-state index contributed by atoms with van der Waals surface area (Å²) in [5.74, 6) is 1.21. The number of imide groups is 1. The maximum Gasteiger partial charge on any atom is 0.229 e. The fourth-order valence-electron chi connectivity index (χ4n) is 2.29. The van der Waals surface area contributed by atoms with E-state index in [-0.39, 0.29) is 11.8 Å². The number of hydrogen-bond acceptors (Lipinski definition) is 6. The van der Waals surface area contributed by atoms with Crippen molar-refractivity contribution in [1.82, 2.24) is 24.6 Å². The molecule has 1 saturated heterocycles. The smallest absolute Gasteiger partial charge is 0.229 e. The summed E-state index contributed by atoms with van der Waals surface area (Å²) < 4.78 is 1.90. The quantitative estimate of drug-likeness (QED) is 0.607. The Kier molecular flexibility index (Phi) is 4.19. The minimum Gasteiger partial charge on any atom is -0.305 e. The van der Waals surface area contributed by atoms with E-state index >= 15 is 0 Å². The first-order chi connectivity index (χ1) is 10.7. The number of carbonyl (C=O) groups is 2. The van der Waals surface area contributed by atoms with Crippen LogP contribution in [0.5, 0.6) is 0 Å². The van der Waals surface area contributed by atoms with Crippen molar-refractivity contribution >= 4 is 23.6 Å². The number of likely N-dealkylation sites (tertiary alicyclic amines) is 1. The second kappa shape index (κ2) is 6.27. The normalized spacial score (nSPS) is 14.9. The second-order valence-corrected chi connectivity index (χ2v) is 5.95. The highest BCUT2D eigenvalue weighted by Gasteiger charge is 2.28. The Labute approximate surface area is 131 Å². The largest absolute Gasteiger partial charge is 0.305 e. The Bertz CT molecular complexity index is 685. The van der Waals surface area contributed by atoms with Gasteiger partial charge in [-0.2, -0.15) is 0 Å². The van der Waals surface area contributed by atoms with Gasteiger partial charge in [0, 0.05) is 50.1 Å². The summed E-state index contributed by atoms with van der Waals surface area (Å²) in [5.41, 5.74) is 0.946. The zero-order valence-corrected chi connectivity index (χ0v) is 12.9. The van der Waals surface area contributed by atoms with Crippen molar-refractivity contribution in [3.8, 4) is 11.4 Å². The van der Waals surface area contributed by atoms with Crippen LogP contribution in [0.1, 0.15) is 12.8 Å². The Balaban J connectivity index is 1.63. The predicted molar refractivity (Wildman–Crippen MR) is 80.9 cm³/mol. The fraction of sp³-hybridized carbons (Fsp3) is 0.357. The summed E-state index contributed by atoms with van der Waals surface area (Å²) in [6, 6.07) is 3.75. The molecule has 0 radical (unpaired) electrons. The van der Waals surface area contributed by atoms with E-state index in [0.29, 0.717) is 25.1 Å². The molecular formula is C14H15N5O2S. The van der Waals surface area contributed by atoms with Crippen molar-refractivity contribution in [3.63, 3.8) is 0 Å². The molecule has 7 nitrogen and oxygen atoms in total. The molecule has 2 aromatic heterocycles. The Morgan fingerprint density at radius 2 is 1.82 bits per heavy atom. The average molecular weight is 317 g/mol. The molecule has 114 valence electrons. The van der Waals surface area contributed by atoms with Gasteiger partial charge in [-0.1, -0.05) is 11.8 Å². The van der Waals surface area contributed by atoms with Crippen molar-refractivity contribution in [3.05, 3.63) is 24.5 Å². The first-order valence-electron chi connectivity index (χ1n) is 6.92. The third-order valence-corrected chi connectivity index (χ3v) is 4.47. The van der Waals surface area contributed by atoms with Gasteiger partial charge in [0.15, 0.2) is 11.0 Å². The van der Waals surface area contributed by atoms with Crippen LogP contribution in [0.4, 0.5) is 0 Å². The molecule has 0 aliphatic carbocycles. The van der Waals surface area contributed by atoms with Crippen molar-refractivity contribution in [2.75, 3.05) is 12.3 Å². The van der Waals surface area contributed by atoms with Crippen LogP contribution in [0.25, 0.3) is 11.4 Å². The third kappa shape index (κ3) is 2.87. The molecule has 1 aliphatic heterocycles. The van der Waals surface area contributed by atoms with E-state index in [2.05, 4.69) is 15.2 Å². The molecule has 0 saturated carbocycles. The summed E-state index contributed by atoms with van der Waals surface area (Å²) in [4.78, 5) is 28.4. The molecule has 2 aromatic rings. The molecule has 2 amide bonds. The van der Waals surface area contributed by atoms with Gasteiger partial charge in [-0.3, -0.25) is 19.5 Å². The number of hydrogen-bond donors (Lipinski definition) is 0. The first-order valence-corrected chi connectivity index (χ1v) is 7.91. The van der Waals surface area contributed by atoms with E-state index in [1.807, 2.05) is 23.7 Å². The van der Waals surface area contributed by atoms with Gasteiger partial charge in [0.1, 0.15) is 0 Å². The minimum atomic E-state index is -0.0824. The Hall–Kier alpha value is -2.22. The molecule has 1 aliphatic rings. The van der Waals surface area contributed by atoms with E-state index < -0.39 is 0 Å². The molecule has 3 heterocycles. The highest BCUT2D eigenvalue weighted by Crippen LogP contribution is 2.22. The van der Waals surface area contributed by atoms with Crippen LogP contribution < -0.4 is 0 Å². The summed E-state index contributed by atoms with van der Waals surface area (Å²) in [6.45, 7) is 0.416. The van der Waals surface area contributed by atoms with Crippen molar-refractivity contribution < 1.29 is 9.59 Å². The molecule has 3 rings (SSSR count). The lowest BCUT2D eigenvalue weighted by atomic mass is 10.2. The maximum absolute atomic E-state index is 11.5. The molecule has 0 spiro atoms. The van der Waals surface area contributed by atoms with Gasteiger partial charge >= 0.3 is 0 Å². The lowest BCUT2D eigenvalue weighted by Crippen LogP contribution is -2.31. The van der Waals surface area contributed by atoms with E-state index in [4.69, 9.17) is 0 Å². The fourth-order valence-corrected chi connectivity index (χ4v) is 3.13. The molecule has 22 heavy (non-hydrogen) atoms. The molecule has 0 unspecified atom stereocenters. The van der Waals surface area contributed by atoms with E-state index in [9.17, 15) is 9.59 Å². The van der Waals surface area contributed by atoms with Gasteiger partial charge in [0.2, 0.25) is 11.8 Å². The summed E-state index contributed by atoms with van der Waals surface area (Å²) in [6.07, 6.45) is 4.09. The van der Waals surface area contributed by atoms with Crippen molar-refractivity contribution in [1.29, 1.82) is 0 Å². The summed E-state index contributed by atoms with van der Waals surface area (Å²) in [7, 11) is 1.89. The van der Waals surface area contributed by atoms with Gasteiger partial charge in [0.25, 0.3) is 0 Å². The highest BCUT2D eigenvalue weighted by atomic mass is 32.2. The average Bonchev–Trinajstić information content (AvgIpc) is 3.05. The van der Waals surface area contributed by atoms with E-state index in [1.54, 1.807) is 12.4 Å². The Morgan fingerprint density at radius 3 is 2.50 bits per heavy atom. The predicted octanol–water partition coefficient (Wildman–Crippen LogP) is 1.12. The van der Waals surface area contributed by atoms with Gasteiger partial charge < -0.3 is 4.57 Å². The molecule has 0 atom stereocenters. The second-order valence-electron chi connectivity index (χ2n) is 4.89. The number of carbonyl (C=O) groups excluding carboxylic acids is 2. The van der Waals surface area contributed by atoms with Crippen LogP contribution in [0.2, 0.25) is 0 Å². The minimum absolute atomic E-state index is 0.0824. The van der Waals surface area contributed by atoms with Gasteiger partial charge in [-0.15, -0.1) is 10.2 Å². The summed E-state index contributed by atoms with van der Waals surface area (Å²) in [5, 5.41) is 9.10. The van der Waals surface area contributed by atoms with E-state index in [0.717, 1.165) is 16.5 Å². The molecule has 1 fully saturated rings. The number of nitrogens with zero attached hydrogens (tertiary/aromatic N) is 5. The highest BCUT2D eigenvalue weighted by molar-refractivity contribution is 7.99. The summed E-state index contributed by atoms with van der Waals surface area (Å²) >= 11 is 1.48. The van der Waals surface area contributed by atoms with E-state index in [1.165, 1.54) is 16.7 Å². The maximum atomic E-state index is 11.5. The monoisotopic (exact) mass is 317 g/mol. The topological polar surface area (TPSA) is 81.0 Å². The molecule has 8 heteroatoms. The lowest BCUT2D eigenvalue weighted by Gasteiger charge is -2.12. The molecule has 0 N–H and O–H groups in total. The third-order valence-electron chi connectivity index (χ3n) is 3.47. The van der Waals surface area contributed by atoms with Gasteiger partial charge in [0.05, 0.1) is 0 Å². The Morgan fingerprint density at radius 1 is 1.14 bits per heavy atom. The number of amides is 2. The lowest BCUT2D eigenvalue weighted by molar-refractivity contribution is -0.137. The SMILES string of the molecule is Cn1c(SCCN2C(=O)CCC2=O)nnc1-c1ccncc1. The first kappa shape index (κ1) is 14.7. The van der Waals surface area contributed by atoms with Crippen LogP contribution in [-0.4, -0.2) is 48.8 Å². The molecular weight excluding hydrogens is 302 g/mol. The number of thioether (sulfide) groups is 1. The standard InChI is InChI=1S/C14H15N5O2S/c1-18-13(10-4-6-15-7-5-10)16-17-14(18)22-9-8-19-11(20)2-3-12(19)21/h4-7H,2-3,8-9H2,1H3. The van der Waals surface area contributed by atoms with Crippen LogP contribution in [0.15, 0.2) is 29.7 Å². The van der Waals surface area contributed by atoms with Crippen molar-refractivity contribution in [2.24, 2.45) is 7.05 Å². The number of rotatable bonds is 5.